The standard InChI is InChI=1S/C10H13N3O2S/c1-14-7-5-8(16-6-7)10-12-9(13-15-10)3-2-4-11/h5-6H,2-4,11H2,1H3. The molecule has 0 saturated carbocycles. The Labute approximate surface area is 97.2 Å². The summed E-state index contributed by atoms with van der Waals surface area (Å²) in [6.45, 7) is 0.636. The summed E-state index contributed by atoms with van der Waals surface area (Å²) in [5, 5.41) is 5.79. The molecule has 86 valence electrons. The fraction of sp³-hybridized carbons (Fsp3) is 0.400. The van der Waals surface area contributed by atoms with Crippen LogP contribution in [0.5, 0.6) is 5.75 Å². The second-order valence-electron chi connectivity index (χ2n) is 3.26. The van der Waals surface area contributed by atoms with E-state index in [1.54, 1.807) is 7.11 Å². The summed E-state index contributed by atoms with van der Waals surface area (Å²) in [7, 11) is 1.63. The van der Waals surface area contributed by atoms with Crippen molar-refractivity contribution in [1.82, 2.24) is 10.1 Å². The van der Waals surface area contributed by atoms with Crippen LogP contribution in [0.1, 0.15) is 12.2 Å². The van der Waals surface area contributed by atoms with Gasteiger partial charge in [0.15, 0.2) is 5.82 Å². The fourth-order valence-electron chi connectivity index (χ4n) is 1.25. The maximum atomic E-state index is 5.41. The molecule has 5 nitrogen and oxygen atoms in total. The number of ether oxygens (including phenoxy) is 1. The molecule has 0 unspecified atom stereocenters. The SMILES string of the molecule is COc1csc(-c2nc(CCCN)no2)c1. The number of nitrogens with zero attached hydrogens (tertiary/aromatic N) is 2. The van der Waals surface area contributed by atoms with Crippen LogP contribution in [0.3, 0.4) is 0 Å². The zero-order valence-corrected chi connectivity index (χ0v) is 9.79. The van der Waals surface area contributed by atoms with E-state index in [0.717, 1.165) is 23.5 Å². The molecule has 0 aromatic carbocycles. The highest BCUT2D eigenvalue weighted by Gasteiger charge is 2.11. The Bertz CT molecular complexity index is 452. The third kappa shape index (κ3) is 2.40. The minimum Gasteiger partial charge on any atom is -0.496 e. The molecule has 2 aromatic heterocycles. The molecule has 2 N–H and O–H groups in total. The molecule has 0 saturated heterocycles. The first-order valence-corrected chi connectivity index (χ1v) is 5.87. The average Bonchev–Trinajstić information content (AvgIpc) is 2.94. The Morgan fingerprint density at radius 2 is 2.44 bits per heavy atom. The van der Waals surface area contributed by atoms with E-state index in [0.29, 0.717) is 18.3 Å². The molecule has 6 heteroatoms. The third-order valence-corrected chi connectivity index (χ3v) is 2.99. The van der Waals surface area contributed by atoms with Crippen molar-refractivity contribution < 1.29 is 9.26 Å². The molecule has 16 heavy (non-hydrogen) atoms. The molecule has 0 bridgehead atoms. The van der Waals surface area contributed by atoms with Gasteiger partial charge in [-0.25, -0.2) is 0 Å². The van der Waals surface area contributed by atoms with Crippen molar-refractivity contribution in [3.05, 3.63) is 17.3 Å². The zero-order chi connectivity index (χ0) is 11.4. The van der Waals surface area contributed by atoms with Gasteiger partial charge in [-0.2, -0.15) is 4.98 Å². The van der Waals surface area contributed by atoms with E-state index >= 15 is 0 Å². The van der Waals surface area contributed by atoms with E-state index in [9.17, 15) is 0 Å². The summed E-state index contributed by atoms with van der Waals surface area (Å²) in [6.07, 6.45) is 1.62. The molecule has 0 aliphatic heterocycles. The van der Waals surface area contributed by atoms with Gasteiger partial charge >= 0.3 is 0 Å². The molecule has 2 heterocycles. The van der Waals surface area contributed by atoms with Gasteiger partial charge < -0.3 is 15.0 Å². The summed E-state index contributed by atoms with van der Waals surface area (Å²) < 4.78 is 10.3. The Morgan fingerprint density at radius 1 is 1.56 bits per heavy atom. The van der Waals surface area contributed by atoms with Gasteiger partial charge in [-0.1, -0.05) is 5.16 Å². The van der Waals surface area contributed by atoms with Crippen LogP contribution < -0.4 is 10.5 Å². The predicted octanol–water partition coefficient (Wildman–Crippen LogP) is 1.70. The summed E-state index contributed by atoms with van der Waals surface area (Å²) >= 11 is 1.52. The first-order chi connectivity index (χ1) is 7.83. The molecule has 0 atom stereocenters. The maximum Gasteiger partial charge on any atom is 0.268 e. The van der Waals surface area contributed by atoms with Crippen molar-refractivity contribution in [3.63, 3.8) is 0 Å². The second kappa shape index (κ2) is 5.09. The lowest BCUT2D eigenvalue weighted by atomic mass is 10.3. The molecule has 0 fully saturated rings. The third-order valence-electron chi connectivity index (χ3n) is 2.09. The van der Waals surface area contributed by atoms with Crippen molar-refractivity contribution >= 4 is 11.3 Å². The van der Waals surface area contributed by atoms with Gasteiger partial charge in [-0.15, -0.1) is 11.3 Å². The highest BCUT2D eigenvalue weighted by atomic mass is 32.1. The van der Waals surface area contributed by atoms with Crippen LogP contribution in [0.2, 0.25) is 0 Å². The van der Waals surface area contributed by atoms with Crippen LogP contribution in [0, 0.1) is 0 Å². The molecule has 0 aliphatic carbocycles. The van der Waals surface area contributed by atoms with Crippen molar-refractivity contribution in [2.45, 2.75) is 12.8 Å². The van der Waals surface area contributed by atoms with Crippen molar-refractivity contribution in [1.29, 1.82) is 0 Å². The van der Waals surface area contributed by atoms with E-state index in [1.165, 1.54) is 11.3 Å². The summed E-state index contributed by atoms with van der Waals surface area (Å²) in [5.41, 5.74) is 5.41. The quantitative estimate of drug-likeness (QED) is 0.859. The fourth-order valence-corrected chi connectivity index (χ4v) is 2.03. The van der Waals surface area contributed by atoms with Crippen LogP contribution in [0.4, 0.5) is 0 Å². The topological polar surface area (TPSA) is 74.2 Å². The lowest BCUT2D eigenvalue weighted by Gasteiger charge is -1.89. The molecular formula is C10H13N3O2S. The monoisotopic (exact) mass is 239 g/mol. The van der Waals surface area contributed by atoms with Gasteiger partial charge in [-0.05, 0) is 13.0 Å². The van der Waals surface area contributed by atoms with E-state index < -0.39 is 0 Å². The van der Waals surface area contributed by atoms with E-state index in [2.05, 4.69) is 10.1 Å². The normalized spacial score (nSPS) is 10.6. The van der Waals surface area contributed by atoms with Crippen LogP contribution in [0.25, 0.3) is 10.8 Å². The highest BCUT2D eigenvalue weighted by Crippen LogP contribution is 2.29. The predicted molar refractivity (Wildman–Crippen MR) is 61.5 cm³/mol. The van der Waals surface area contributed by atoms with Crippen LogP contribution >= 0.6 is 11.3 Å². The molecule has 0 radical (unpaired) electrons. The van der Waals surface area contributed by atoms with Gasteiger partial charge in [-0.3, -0.25) is 0 Å². The number of methoxy groups -OCH3 is 1. The molecule has 0 spiro atoms. The number of aromatic nitrogens is 2. The first-order valence-electron chi connectivity index (χ1n) is 4.99. The number of hydrogen-bond donors (Lipinski definition) is 1. The van der Waals surface area contributed by atoms with Gasteiger partial charge in [0, 0.05) is 17.9 Å². The molecule has 2 rings (SSSR count). The van der Waals surface area contributed by atoms with Crippen LogP contribution in [0.15, 0.2) is 16.0 Å². The maximum absolute atomic E-state index is 5.41. The number of nitrogens with two attached hydrogens (primary N) is 1. The summed E-state index contributed by atoms with van der Waals surface area (Å²) in [5.74, 6) is 2.05. The number of rotatable bonds is 5. The van der Waals surface area contributed by atoms with Crippen LogP contribution in [-0.2, 0) is 6.42 Å². The lowest BCUT2D eigenvalue weighted by Crippen LogP contribution is -2.01. The van der Waals surface area contributed by atoms with Gasteiger partial charge in [0.25, 0.3) is 5.89 Å². The number of aryl methyl sites for hydroxylation is 1. The van der Waals surface area contributed by atoms with E-state index in [4.69, 9.17) is 15.0 Å². The Hall–Kier alpha value is -1.40. The van der Waals surface area contributed by atoms with Gasteiger partial charge in [0.05, 0.1) is 12.0 Å². The average molecular weight is 239 g/mol. The summed E-state index contributed by atoms with van der Waals surface area (Å²) in [4.78, 5) is 5.21. The zero-order valence-electron chi connectivity index (χ0n) is 8.97. The smallest absolute Gasteiger partial charge is 0.268 e. The Balaban J connectivity index is 2.11. The number of hydrogen-bond acceptors (Lipinski definition) is 6. The minimum atomic E-state index is 0.542. The van der Waals surface area contributed by atoms with E-state index in [1.807, 2.05) is 11.4 Å². The van der Waals surface area contributed by atoms with Crippen molar-refractivity contribution in [2.75, 3.05) is 13.7 Å². The molecule has 0 aliphatic rings. The Kier molecular flexibility index (Phi) is 3.53. The van der Waals surface area contributed by atoms with Gasteiger partial charge in [0.1, 0.15) is 5.75 Å². The van der Waals surface area contributed by atoms with Crippen molar-refractivity contribution in [2.24, 2.45) is 5.73 Å². The van der Waals surface area contributed by atoms with Crippen molar-refractivity contribution in [3.8, 4) is 16.5 Å². The van der Waals surface area contributed by atoms with Gasteiger partial charge in [0.2, 0.25) is 0 Å². The Morgan fingerprint density at radius 3 is 3.12 bits per heavy atom. The molecule has 2 aromatic rings. The minimum absolute atomic E-state index is 0.542. The van der Waals surface area contributed by atoms with Crippen LogP contribution in [-0.4, -0.2) is 23.8 Å². The second-order valence-corrected chi connectivity index (χ2v) is 4.17. The number of thiophene rings is 1. The van der Waals surface area contributed by atoms with E-state index in [-0.39, 0.29) is 0 Å². The highest BCUT2D eigenvalue weighted by molar-refractivity contribution is 7.13. The first kappa shape index (κ1) is 11.1. The molecule has 0 amide bonds. The molecular weight excluding hydrogens is 226 g/mol. The lowest BCUT2D eigenvalue weighted by molar-refractivity contribution is 0.414. The largest absolute Gasteiger partial charge is 0.496 e. The summed E-state index contributed by atoms with van der Waals surface area (Å²) in [6, 6.07) is 1.88.